The zero-order valence-corrected chi connectivity index (χ0v) is 27.5. The first kappa shape index (κ1) is 33.2. The molecular formula is C41H46O5. The third kappa shape index (κ3) is 8.34. The summed E-state index contributed by atoms with van der Waals surface area (Å²) in [4.78, 5) is 12.1. The molecular weight excluding hydrogens is 572 g/mol. The van der Waals surface area contributed by atoms with Crippen LogP contribution in [0, 0.1) is 0 Å². The van der Waals surface area contributed by atoms with E-state index in [4.69, 9.17) is 18.9 Å². The van der Waals surface area contributed by atoms with Gasteiger partial charge in [0.15, 0.2) is 6.10 Å². The third-order valence-electron chi connectivity index (χ3n) is 8.70. The second kappa shape index (κ2) is 16.4. The fraction of sp³-hybridized carbons (Fsp3) is 0.341. The molecule has 5 heteroatoms. The first-order chi connectivity index (χ1) is 22.5. The van der Waals surface area contributed by atoms with E-state index in [0.717, 1.165) is 17.7 Å². The van der Waals surface area contributed by atoms with Crippen LogP contribution in [0.3, 0.4) is 0 Å². The molecule has 0 amide bonds. The number of aryl methyl sites for hydroxylation is 1. The number of carbonyl (C=O) groups excluding carboxylic acids is 1. The van der Waals surface area contributed by atoms with Gasteiger partial charge in [-0.05, 0) is 76.4 Å². The van der Waals surface area contributed by atoms with Gasteiger partial charge >= 0.3 is 5.97 Å². The molecule has 0 aromatic heterocycles. The van der Waals surface area contributed by atoms with Crippen LogP contribution >= 0.6 is 0 Å². The van der Waals surface area contributed by atoms with Crippen LogP contribution in [0.1, 0.15) is 90.1 Å². The van der Waals surface area contributed by atoms with Gasteiger partial charge in [-0.3, -0.25) is 0 Å². The van der Waals surface area contributed by atoms with Crippen LogP contribution in [0.25, 0.3) is 12.2 Å². The molecule has 0 radical (unpaired) electrons. The van der Waals surface area contributed by atoms with Gasteiger partial charge in [0.25, 0.3) is 0 Å². The number of hydrogen-bond donors (Lipinski definition) is 0. The predicted octanol–water partition coefficient (Wildman–Crippen LogP) is 8.97. The zero-order valence-electron chi connectivity index (χ0n) is 27.5. The summed E-state index contributed by atoms with van der Waals surface area (Å²) in [6.45, 7) is 7.46. The number of rotatable bonds is 15. The summed E-state index contributed by atoms with van der Waals surface area (Å²) < 4.78 is 23.2. The van der Waals surface area contributed by atoms with Crippen LogP contribution < -0.4 is 4.74 Å². The Morgan fingerprint density at radius 2 is 1.48 bits per heavy atom. The molecule has 3 atom stereocenters. The molecule has 1 aliphatic carbocycles. The van der Waals surface area contributed by atoms with Crippen molar-refractivity contribution in [2.45, 2.75) is 64.6 Å². The molecule has 0 heterocycles. The second-order valence-corrected chi connectivity index (χ2v) is 11.8. The molecule has 3 unspecified atom stereocenters. The van der Waals surface area contributed by atoms with Gasteiger partial charge in [0.05, 0.1) is 13.2 Å². The van der Waals surface area contributed by atoms with Gasteiger partial charge in [-0.1, -0.05) is 111 Å². The summed E-state index contributed by atoms with van der Waals surface area (Å²) in [5.74, 6) is 0.690. The lowest BCUT2D eigenvalue weighted by Gasteiger charge is -2.23. The van der Waals surface area contributed by atoms with E-state index < -0.39 is 6.10 Å². The van der Waals surface area contributed by atoms with Gasteiger partial charge < -0.3 is 18.9 Å². The topological polar surface area (TPSA) is 54.0 Å². The minimum atomic E-state index is -0.625. The van der Waals surface area contributed by atoms with E-state index in [-0.39, 0.29) is 18.0 Å². The highest BCUT2D eigenvalue weighted by atomic mass is 16.6. The number of methoxy groups -OCH3 is 1. The first-order valence-electron chi connectivity index (χ1n) is 16.5. The third-order valence-corrected chi connectivity index (χ3v) is 8.70. The van der Waals surface area contributed by atoms with Crippen LogP contribution in [-0.4, -0.2) is 39.0 Å². The van der Waals surface area contributed by atoms with Crippen LogP contribution in [0.15, 0.2) is 91.0 Å². The minimum absolute atomic E-state index is 0.207. The van der Waals surface area contributed by atoms with Crippen LogP contribution in [0.4, 0.5) is 0 Å². The fourth-order valence-electron chi connectivity index (χ4n) is 6.01. The summed E-state index contributed by atoms with van der Waals surface area (Å²) >= 11 is 0. The van der Waals surface area contributed by atoms with E-state index in [1.807, 2.05) is 24.3 Å². The van der Waals surface area contributed by atoms with Gasteiger partial charge in [0.2, 0.25) is 0 Å². The van der Waals surface area contributed by atoms with Crippen molar-refractivity contribution in [1.82, 2.24) is 0 Å². The van der Waals surface area contributed by atoms with Crippen molar-refractivity contribution in [3.05, 3.63) is 136 Å². The van der Waals surface area contributed by atoms with Gasteiger partial charge in [0.1, 0.15) is 18.5 Å². The Morgan fingerprint density at radius 1 is 0.783 bits per heavy atom. The van der Waals surface area contributed by atoms with E-state index in [0.29, 0.717) is 26.2 Å². The maximum atomic E-state index is 12.1. The van der Waals surface area contributed by atoms with Crippen molar-refractivity contribution in [2.75, 3.05) is 26.9 Å². The largest absolute Gasteiger partial charge is 0.491 e. The SMILES string of the molecule is CCCCc1ccc2c(c1)C=Cc1cc(C(C)c3ccccc3)ccc1C2OCCOc1ccc(CC(OC)C(=O)OCC)cc1. The number of benzene rings is 4. The lowest BCUT2D eigenvalue weighted by molar-refractivity contribution is -0.154. The molecule has 0 saturated carbocycles. The minimum Gasteiger partial charge on any atom is -0.491 e. The second-order valence-electron chi connectivity index (χ2n) is 11.8. The van der Waals surface area contributed by atoms with E-state index in [9.17, 15) is 4.79 Å². The van der Waals surface area contributed by atoms with Gasteiger partial charge in [0, 0.05) is 19.4 Å². The zero-order chi connectivity index (χ0) is 32.3. The van der Waals surface area contributed by atoms with E-state index in [2.05, 4.69) is 92.7 Å². The number of esters is 1. The van der Waals surface area contributed by atoms with E-state index in [1.165, 1.54) is 58.9 Å². The summed E-state index contributed by atoms with van der Waals surface area (Å²) in [6.07, 6.45) is 7.54. The number of ether oxygens (including phenoxy) is 4. The highest BCUT2D eigenvalue weighted by Crippen LogP contribution is 2.38. The molecule has 5 nitrogen and oxygen atoms in total. The molecule has 5 rings (SSSR count). The highest BCUT2D eigenvalue weighted by molar-refractivity contribution is 5.77. The summed E-state index contributed by atoms with van der Waals surface area (Å²) in [7, 11) is 1.52. The van der Waals surface area contributed by atoms with Crippen molar-refractivity contribution in [2.24, 2.45) is 0 Å². The predicted molar refractivity (Wildman–Crippen MR) is 185 cm³/mol. The Labute approximate surface area is 274 Å². The number of fused-ring (bicyclic) bond motifs is 2. The monoisotopic (exact) mass is 618 g/mol. The van der Waals surface area contributed by atoms with Gasteiger partial charge in [-0.15, -0.1) is 0 Å². The molecule has 4 aromatic rings. The van der Waals surface area contributed by atoms with Gasteiger partial charge in [-0.25, -0.2) is 4.79 Å². The maximum absolute atomic E-state index is 12.1. The Bertz CT molecular complexity index is 1590. The van der Waals surface area contributed by atoms with Crippen LogP contribution in [0.2, 0.25) is 0 Å². The van der Waals surface area contributed by atoms with Crippen LogP contribution in [0.5, 0.6) is 5.75 Å². The Hall–Kier alpha value is -4.19. The molecule has 240 valence electrons. The Kier molecular flexibility index (Phi) is 11.8. The smallest absolute Gasteiger partial charge is 0.335 e. The number of unbranched alkanes of at least 4 members (excludes halogenated alkanes) is 1. The lowest BCUT2D eigenvalue weighted by Crippen LogP contribution is -2.27. The Balaban J connectivity index is 1.30. The lowest BCUT2D eigenvalue weighted by atomic mass is 9.88. The van der Waals surface area contributed by atoms with Crippen molar-refractivity contribution >= 4 is 18.1 Å². The number of hydrogen-bond acceptors (Lipinski definition) is 5. The van der Waals surface area contributed by atoms with E-state index >= 15 is 0 Å². The highest BCUT2D eigenvalue weighted by Gasteiger charge is 2.24. The molecule has 46 heavy (non-hydrogen) atoms. The quantitative estimate of drug-likeness (QED) is 0.0983. The molecule has 0 fully saturated rings. The van der Waals surface area contributed by atoms with E-state index in [1.54, 1.807) is 6.92 Å². The van der Waals surface area contributed by atoms with Crippen molar-refractivity contribution in [1.29, 1.82) is 0 Å². The molecule has 0 bridgehead atoms. The summed E-state index contributed by atoms with van der Waals surface area (Å²) in [6, 6.07) is 32.0. The Morgan fingerprint density at radius 3 is 2.17 bits per heavy atom. The molecule has 0 aliphatic heterocycles. The fourth-order valence-corrected chi connectivity index (χ4v) is 6.01. The average molecular weight is 619 g/mol. The summed E-state index contributed by atoms with van der Waals surface area (Å²) in [5, 5.41) is 0. The van der Waals surface area contributed by atoms with Crippen LogP contribution in [-0.2, 0) is 31.8 Å². The average Bonchev–Trinajstić information content (AvgIpc) is 3.24. The molecule has 0 saturated heterocycles. The van der Waals surface area contributed by atoms with Crippen molar-refractivity contribution in [3.63, 3.8) is 0 Å². The first-order valence-corrected chi connectivity index (χ1v) is 16.5. The molecule has 0 spiro atoms. The molecule has 1 aliphatic rings. The maximum Gasteiger partial charge on any atom is 0.335 e. The molecule has 4 aromatic carbocycles. The van der Waals surface area contributed by atoms with Crippen molar-refractivity contribution in [3.8, 4) is 5.75 Å². The van der Waals surface area contributed by atoms with Gasteiger partial charge in [-0.2, -0.15) is 0 Å². The van der Waals surface area contributed by atoms with Crippen molar-refractivity contribution < 1.29 is 23.7 Å². The summed E-state index contributed by atoms with van der Waals surface area (Å²) in [5.41, 5.74) is 9.66. The molecule has 0 N–H and O–H groups in total. The number of carbonyl (C=O) groups is 1. The normalized spacial score (nSPS) is 14.9. The standard InChI is InChI=1S/C41H46O5/c1-5-7-11-30-16-22-37-34(26-30)17-18-35-28-33(29(3)32-12-9-8-10-13-32)19-23-38(35)40(37)46-25-24-45-36-20-14-31(15-21-36)27-39(43-4)41(42)44-6-2/h8-10,12-23,26,28-29,39-40H,5-7,11,24-25,27H2,1-4H3.